The largest absolute Gasteiger partial charge is 0.416 e. The minimum atomic E-state index is -4.60. The first-order valence-corrected chi connectivity index (χ1v) is 8.51. The maximum Gasteiger partial charge on any atom is 0.416 e. The minimum absolute atomic E-state index is 0.0370. The molecule has 2 nitrogen and oxygen atoms in total. The van der Waals surface area contributed by atoms with Gasteiger partial charge in [0.15, 0.2) is 11.6 Å². The highest BCUT2D eigenvalue weighted by molar-refractivity contribution is 6.11. The number of halogens is 6. The Morgan fingerprint density at radius 2 is 0.833 bits per heavy atom. The van der Waals surface area contributed by atoms with Gasteiger partial charge in [0.25, 0.3) is 0 Å². The molecule has 0 saturated carbocycles. The van der Waals surface area contributed by atoms with Gasteiger partial charge in [-0.15, -0.1) is 0 Å². The highest BCUT2D eigenvalue weighted by Gasteiger charge is 2.32. The van der Waals surface area contributed by atoms with Crippen molar-refractivity contribution in [2.45, 2.75) is 12.4 Å². The number of carbonyl (C=O) groups excluding carboxylic acids is 2. The standard InChI is InChI=1S/C22H12F6O2/c23-21(24,25)17-5-1-3-15(11-17)19(29)13-7-9-14(10-8-13)20(30)16-4-2-6-18(12-16)22(26,27)28/h1-12H. The van der Waals surface area contributed by atoms with Crippen LogP contribution in [0.1, 0.15) is 43.0 Å². The molecule has 154 valence electrons. The van der Waals surface area contributed by atoms with Crippen LogP contribution in [0.5, 0.6) is 0 Å². The van der Waals surface area contributed by atoms with Crippen molar-refractivity contribution < 1.29 is 35.9 Å². The summed E-state index contributed by atoms with van der Waals surface area (Å²) in [4.78, 5) is 24.9. The molecule has 0 aromatic heterocycles. The van der Waals surface area contributed by atoms with Crippen molar-refractivity contribution >= 4 is 11.6 Å². The van der Waals surface area contributed by atoms with Crippen LogP contribution in [0.15, 0.2) is 72.8 Å². The molecule has 3 rings (SSSR count). The fraction of sp³-hybridized carbons (Fsp3) is 0.0909. The summed E-state index contributed by atoms with van der Waals surface area (Å²) in [5.74, 6) is -1.36. The molecule has 0 unspecified atom stereocenters. The van der Waals surface area contributed by atoms with Crippen LogP contribution in [0.3, 0.4) is 0 Å². The van der Waals surface area contributed by atoms with Crippen LogP contribution in [-0.4, -0.2) is 11.6 Å². The van der Waals surface area contributed by atoms with Crippen LogP contribution < -0.4 is 0 Å². The number of carbonyl (C=O) groups is 2. The second-order valence-corrected chi connectivity index (χ2v) is 6.39. The van der Waals surface area contributed by atoms with Gasteiger partial charge in [-0.25, -0.2) is 0 Å². The number of rotatable bonds is 4. The Bertz CT molecular complexity index is 1010. The molecule has 0 fully saturated rings. The van der Waals surface area contributed by atoms with Crippen molar-refractivity contribution in [2.24, 2.45) is 0 Å². The van der Waals surface area contributed by atoms with E-state index in [0.717, 1.165) is 36.4 Å². The smallest absolute Gasteiger partial charge is 0.289 e. The lowest BCUT2D eigenvalue weighted by molar-refractivity contribution is -0.138. The summed E-state index contributed by atoms with van der Waals surface area (Å²) in [5.41, 5.74) is -2.22. The van der Waals surface area contributed by atoms with Gasteiger partial charge in [-0.1, -0.05) is 48.5 Å². The molecule has 0 aliphatic carbocycles. The van der Waals surface area contributed by atoms with Gasteiger partial charge >= 0.3 is 12.4 Å². The first kappa shape index (κ1) is 21.3. The summed E-state index contributed by atoms with van der Waals surface area (Å²) in [6.45, 7) is 0. The number of alkyl halides is 6. The monoisotopic (exact) mass is 422 g/mol. The normalized spacial score (nSPS) is 11.9. The summed E-state index contributed by atoms with van der Waals surface area (Å²) in [5, 5.41) is 0. The van der Waals surface area contributed by atoms with Crippen molar-refractivity contribution in [3.05, 3.63) is 106 Å². The van der Waals surface area contributed by atoms with Gasteiger partial charge in [0.1, 0.15) is 0 Å². The van der Waals surface area contributed by atoms with Crippen LogP contribution in [0.4, 0.5) is 26.3 Å². The molecule has 0 N–H and O–H groups in total. The third-order valence-corrected chi connectivity index (χ3v) is 4.31. The molecule has 0 aliphatic heterocycles. The maximum atomic E-state index is 12.8. The SMILES string of the molecule is O=C(c1ccc(C(=O)c2cccc(C(F)(F)F)c2)cc1)c1cccc(C(F)(F)F)c1. The number of hydrogen-bond donors (Lipinski definition) is 0. The summed E-state index contributed by atoms with van der Waals surface area (Å²) in [6.07, 6.45) is -9.20. The quantitative estimate of drug-likeness (QED) is 0.371. The Kier molecular flexibility index (Phi) is 5.52. The average molecular weight is 422 g/mol. The molecule has 0 atom stereocenters. The van der Waals surface area contributed by atoms with Crippen molar-refractivity contribution in [2.75, 3.05) is 0 Å². The lowest BCUT2D eigenvalue weighted by atomic mass is 9.97. The molecule has 0 radical (unpaired) electrons. The Balaban J connectivity index is 1.85. The van der Waals surface area contributed by atoms with E-state index in [1.807, 2.05) is 0 Å². The van der Waals surface area contributed by atoms with Gasteiger partial charge in [-0.05, 0) is 24.3 Å². The molecule has 0 spiro atoms. The Hall–Kier alpha value is -3.42. The van der Waals surface area contributed by atoms with Crippen LogP contribution in [0.25, 0.3) is 0 Å². The molecular formula is C22H12F6O2. The second-order valence-electron chi connectivity index (χ2n) is 6.39. The van der Waals surface area contributed by atoms with E-state index in [4.69, 9.17) is 0 Å². The van der Waals surface area contributed by atoms with Gasteiger partial charge in [0, 0.05) is 22.3 Å². The summed E-state index contributed by atoms with van der Waals surface area (Å²) >= 11 is 0. The molecule has 0 amide bonds. The van der Waals surface area contributed by atoms with E-state index in [9.17, 15) is 35.9 Å². The second kappa shape index (κ2) is 7.78. The predicted octanol–water partition coefficient (Wildman–Crippen LogP) is 6.19. The average Bonchev–Trinajstić information content (AvgIpc) is 2.72. The number of hydrogen-bond acceptors (Lipinski definition) is 2. The Morgan fingerprint density at radius 1 is 0.500 bits per heavy atom. The Labute approximate surface area is 166 Å². The molecular weight excluding hydrogens is 410 g/mol. The predicted molar refractivity (Wildman–Crippen MR) is 96.2 cm³/mol. The van der Waals surface area contributed by atoms with E-state index in [-0.39, 0.29) is 22.3 Å². The first-order valence-electron chi connectivity index (χ1n) is 8.51. The van der Waals surface area contributed by atoms with Crippen molar-refractivity contribution in [3.63, 3.8) is 0 Å². The van der Waals surface area contributed by atoms with E-state index < -0.39 is 35.0 Å². The highest BCUT2D eigenvalue weighted by Crippen LogP contribution is 2.31. The van der Waals surface area contributed by atoms with E-state index in [2.05, 4.69) is 0 Å². The van der Waals surface area contributed by atoms with E-state index in [1.54, 1.807) is 0 Å². The van der Waals surface area contributed by atoms with Crippen LogP contribution in [-0.2, 0) is 12.4 Å². The summed E-state index contributed by atoms with van der Waals surface area (Å²) in [6, 6.07) is 12.8. The molecule has 3 aromatic rings. The number of benzene rings is 3. The molecule has 0 saturated heterocycles. The fourth-order valence-electron chi connectivity index (χ4n) is 2.78. The van der Waals surface area contributed by atoms with E-state index in [1.165, 1.54) is 36.4 Å². The zero-order valence-electron chi connectivity index (χ0n) is 15.0. The Morgan fingerprint density at radius 3 is 1.13 bits per heavy atom. The van der Waals surface area contributed by atoms with Gasteiger partial charge in [-0.2, -0.15) is 26.3 Å². The number of ketones is 2. The van der Waals surface area contributed by atoms with Gasteiger partial charge < -0.3 is 0 Å². The van der Waals surface area contributed by atoms with Crippen molar-refractivity contribution in [1.29, 1.82) is 0 Å². The zero-order chi connectivity index (χ0) is 22.1. The van der Waals surface area contributed by atoms with E-state index in [0.29, 0.717) is 0 Å². The topological polar surface area (TPSA) is 34.1 Å². The maximum absolute atomic E-state index is 12.8. The van der Waals surface area contributed by atoms with Gasteiger partial charge in [-0.3, -0.25) is 9.59 Å². The van der Waals surface area contributed by atoms with Crippen LogP contribution in [0.2, 0.25) is 0 Å². The van der Waals surface area contributed by atoms with Crippen molar-refractivity contribution in [1.82, 2.24) is 0 Å². The molecule has 30 heavy (non-hydrogen) atoms. The molecule has 0 aliphatic rings. The fourth-order valence-corrected chi connectivity index (χ4v) is 2.78. The summed E-state index contributed by atoms with van der Waals surface area (Å²) < 4.78 is 76.9. The molecule has 0 heterocycles. The van der Waals surface area contributed by atoms with E-state index >= 15 is 0 Å². The zero-order valence-corrected chi connectivity index (χ0v) is 15.0. The lowest BCUT2D eigenvalue weighted by Gasteiger charge is -2.09. The van der Waals surface area contributed by atoms with Crippen LogP contribution >= 0.6 is 0 Å². The van der Waals surface area contributed by atoms with Gasteiger partial charge in [0.05, 0.1) is 11.1 Å². The molecule has 3 aromatic carbocycles. The highest BCUT2D eigenvalue weighted by atomic mass is 19.4. The first-order chi connectivity index (χ1) is 14.0. The van der Waals surface area contributed by atoms with Gasteiger partial charge in [0.2, 0.25) is 0 Å². The van der Waals surface area contributed by atoms with Crippen molar-refractivity contribution in [3.8, 4) is 0 Å². The molecule has 0 bridgehead atoms. The third-order valence-electron chi connectivity index (χ3n) is 4.31. The summed E-state index contributed by atoms with van der Waals surface area (Å²) in [7, 11) is 0. The third kappa shape index (κ3) is 4.59. The van der Waals surface area contributed by atoms with Crippen LogP contribution in [0, 0.1) is 0 Å². The minimum Gasteiger partial charge on any atom is -0.289 e. The molecule has 8 heteroatoms. The lowest BCUT2D eigenvalue weighted by Crippen LogP contribution is -2.09.